The van der Waals surface area contributed by atoms with E-state index in [1.165, 1.54) is 0 Å². The van der Waals surface area contributed by atoms with Crippen molar-refractivity contribution in [3.8, 4) is 0 Å². The monoisotopic (exact) mass is 247 g/mol. The van der Waals surface area contributed by atoms with E-state index in [1.807, 2.05) is 18.2 Å². The Bertz CT molecular complexity index is 445. The lowest BCUT2D eigenvalue weighted by molar-refractivity contribution is 0.251. The Morgan fingerprint density at radius 3 is 2.78 bits per heavy atom. The predicted octanol–water partition coefficient (Wildman–Crippen LogP) is 2.75. The van der Waals surface area contributed by atoms with Gasteiger partial charge in [-0.25, -0.2) is 4.79 Å². The fraction of sp³-hybridized carbons (Fsp3) is 0.500. The first-order chi connectivity index (χ1) is 8.63. The molecule has 0 spiro atoms. The molecule has 2 atom stereocenters. The van der Waals surface area contributed by atoms with Gasteiger partial charge in [0.2, 0.25) is 0 Å². The van der Waals surface area contributed by atoms with Gasteiger partial charge in [-0.05, 0) is 36.5 Å². The molecular formula is C14H21N3O. The van der Waals surface area contributed by atoms with Crippen molar-refractivity contribution in [2.75, 3.05) is 11.1 Å². The van der Waals surface area contributed by atoms with Crippen LogP contribution in [-0.2, 0) is 6.42 Å². The predicted molar refractivity (Wildman–Crippen MR) is 74.6 cm³/mol. The molecule has 0 heterocycles. The van der Waals surface area contributed by atoms with Crippen LogP contribution in [0, 0.1) is 5.92 Å². The Balaban J connectivity index is 1.89. The smallest absolute Gasteiger partial charge is 0.319 e. The summed E-state index contributed by atoms with van der Waals surface area (Å²) in [5.74, 6) is 0.656. The fourth-order valence-electron chi connectivity index (χ4n) is 2.21. The van der Waals surface area contributed by atoms with E-state index in [4.69, 9.17) is 5.73 Å². The van der Waals surface area contributed by atoms with Crippen LogP contribution >= 0.6 is 0 Å². The number of rotatable bonds is 4. The number of nitrogens with one attached hydrogen (secondary N) is 2. The number of carbonyl (C=O) groups is 1. The summed E-state index contributed by atoms with van der Waals surface area (Å²) in [6.45, 7) is 4.21. The maximum atomic E-state index is 11.7. The number of hydrogen-bond donors (Lipinski definition) is 3. The number of hydrogen-bond acceptors (Lipinski definition) is 2. The van der Waals surface area contributed by atoms with E-state index in [0.717, 1.165) is 36.2 Å². The van der Waals surface area contributed by atoms with Crippen molar-refractivity contribution in [1.29, 1.82) is 0 Å². The van der Waals surface area contributed by atoms with Crippen LogP contribution in [0.1, 0.15) is 32.3 Å². The van der Waals surface area contributed by atoms with Crippen LogP contribution in [0.3, 0.4) is 0 Å². The van der Waals surface area contributed by atoms with E-state index in [9.17, 15) is 4.79 Å². The molecule has 1 aromatic carbocycles. The van der Waals surface area contributed by atoms with Crippen molar-refractivity contribution < 1.29 is 4.79 Å². The summed E-state index contributed by atoms with van der Waals surface area (Å²) in [6.07, 6.45) is 3.13. The zero-order valence-corrected chi connectivity index (χ0v) is 11.0. The minimum atomic E-state index is -0.139. The van der Waals surface area contributed by atoms with Crippen molar-refractivity contribution in [3.63, 3.8) is 0 Å². The van der Waals surface area contributed by atoms with Gasteiger partial charge in [0.1, 0.15) is 0 Å². The molecule has 0 bridgehead atoms. The number of carbonyl (C=O) groups excluding carboxylic acids is 1. The largest absolute Gasteiger partial charge is 0.398 e. The molecule has 0 radical (unpaired) electrons. The van der Waals surface area contributed by atoms with E-state index in [1.54, 1.807) is 0 Å². The van der Waals surface area contributed by atoms with E-state index in [2.05, 4.69) is 24.5 Å². The molecule has 0 aliphatic heterocycles. The maximum Gasteiger partial charge on any atom is 0.319 e. The van der Waals surface area contributed by atoms with Crippen LogP contribution in [0.2, 0.25) is 0 Å². The highest BCUT2D eigenvalue weighted by atomic mass is 16.2. The first kappa shape index (κ1) is 12.7. The summed E-state index contributed by atoms with van der Waals surface area (Å²) in [5.41, 5.74) is 8.47. The van der Waals surface area contributed by atoms with Gasteiger partial charge in [-0.3, -0.25) is 0 Å². The molecule has 18 heavy (non-hydrogen) atoms. The third-order valence-electron chi connectivity index (χ3n) is 3.55. The Hall–Kier alpha value is -1.71. The Morgan fingerprint density at radius 1 is 1.44 bits per heavy atom. The number of amides is 2. The second kappa shape index (κ2) is 5.29. The van der Waals surface area contributed by atoms with E-state index < -0.39 is 0 Å². The van der Waals surface area contributed by atoms with Gasteiger partial charge in [-0.15, -0.1) is 0 Å². The van der Waals surface area contributed by atoms with Crippen molar-refractivity contribution in [2.45, 2.75) is 39.2 Å². The standard InChI is InChI=1S/C14H21N3O/c1-3-9-5-6-11(8-12(9)15)16-14(18)17-13-7-10(13)4-2/h5-6,8,10,13H,3-4,7,15H2,1-2H3,(H2,16,17,18). The quantitative estimate of drug-likeness (QED) is 0.716. The highest BCUT2D eigenvalue weighted by Crippen LogP contribution is 2.33. The lowest BCUT2D eigenvalue weighted by atomic mass is 10.1. The summed E-state index contributed by atoms with van der Waals surface area (Å²) in [6, 6.07) is 5.86. The molecule has 4 heteroatoms. The molecule has 0 aromatic heterocycles. The number of aryl methyl sites for hydroxylation is 1. The van der Waals surface area contributed by atoms with Crippen molar-refractivity contribution in [3.05, 3.63) is 23.8 Å². The molecule has 98 valence electrons. The average molecular weight is 247 g/mol. The van der Waals surface area contributed by atoms with E-state index in [-0.39, 0.29) is 6.03 Å². The molecule has 1 aliphatic rings. The Morgan fingerprint density at radius 2 is 2.22 bits per heavy atom. The SMILES string of the molecule is CCc1ccc(NC(=O)NC2CC2CC)cc1N. The highest BCUT2D eigenvalue weighted by Gasteiger charge is 2.36. The van der Waals surface area contributed by atoms with Crippen molar-refractivity contribution in [1.82, 2.24) is 5.32 Å². The minimum absolute atomic E-state index is 0.139. The van der Waals surface area contributed by atoms with Crippen molar-refractivity contribution >= 4 is 17.4 Å². The van der Waals surface area contributed by atoms with Crippen LogP contribution in [-0.4, -0.2) is 12.1 Å². The van der Waals surface area contributed by atoms with Crippen LogP contribution < -0.4 is 16.4 Å². The van der Waals surface area contributed by atoms with Gasteiger partial charge in [0.15, 0.2) is 0 Å². The molecule has 1 fully saturated rings. The van der Waals surface area contributed by atoms with Crippen LogP contribution in [0.5, 0.6) is 0 Å². The van der Waals surface area contributed by atoms with Gasteiger partial charge in [0.25, 0.3) is 0 Å². The van der Waals surface area contributed by atoms with Gasteiger partial charge in [-0.2, -0.15) is 0 Å². The number of nitrogens with two attached hydrogens (primary N) is 1. The lowest BCUT2D eigenvalue weighted by Gasteiger charge is -2.09. The first-order valence-electron chi connectivity index (χ1n) is 6.60. The summed E-state index contributed by atoms with van der Waals surface area (Å²) in [4.78, 5) is 11.7. The molecule has 0 saturated heterocycles. The zero-order valence-electron chi connectivity index (χ0n) is 11.0. The van der Waals surface area contributed by atoms with Crippen molar-refractivity contribution in [2.24, 2.45) is 5.92 Å². The van der Waals surface area contributed by atoms with Gasteiger partial charge >= 0.3 is 6.03 Å². The Kier molecular flexibility index (Phi) is 3.75. The molecule has 2 amide bonds. The molecule has 1 aromatic rings. The number of benzene rings is 1. The summed E-state index contributed by atoms with van der Waals surface area (Å²) >= 11 is 0. The molecule has 1 saturated carbocycles. The second-order valence-corrected chi connectivity index (χ2v) is 4.88. The van der Waals surface area contributed by atoms with Crippen LogP contribution in [0.25, 0.3) is 0 Å². The molecule has 4 N–H and O–H groups in total. The molecule has 2 unspecified atom stereocenters. The number of anilines is 2. The lowest BCUT2D eigenvalue weighted by Crippen LogP contribution is -2.31. The second-order valence-electron chi connectivity index (χ2n) is 4.88. The number of nitrogen functional groups attached to an aromatic ring is 1. The summed E-state index contributed by atoms with van der Waals surface area (Å²) in [7, 11) is 0. The molecule has 1 aliphatic carbocycles. The van der Waals surface area contributed by atoms with E-state index >= 15 is 0 Å². The topological polar surface area (TPSA) is 67.2 Å². The van der Waals surface area contributed by atoms with Gasteiger partial charge in [0.05, 0.1) is 0 Å². The molecular weight excluding hydrogens is 226 g/mol. The average Bonchev–Trinajstić information content (AvgIpc) is 3.07. The fourth-order valence-corrected chi connectivity index (χ4v) is 2.21. The Labute approximate surface area is 108 Å². The van der Waals surface area contributed by atoms with E-state index in [0.29, 0.717) is 12.0 Å². The number of urea groups is 1. The zero-order chi connectivity index (χ0) is 13.1. The van der Waals surface area contributed by atoms with Gasteiger partial charge in [-0.1, -0.05) is 26.3 Å². The minimum Gasteiger partial charge on any atom is -0.398 e. The van der Waals surface area contributed by atoms with Gasteiger partial charge in [0, 0.05) is 17.4 Å². The molecule has 4 nitrogen and oxygen atoms in total. The first-order valence-corrected chi connectivity index (χ1v) is 6.60. The summed E-state index contributed by atoms with van der Waals surface area (Å²) < 4.78 is 0. The van der Waals surface area contributed by atoms with Crippen LogP contribution in [0.15, 0.2) is 18.2 Å². The third kappa shape index (κ3) is 2.94. The normalized spacial score (nSPS) is 21.4. The van der Waals surface area contributed by atoms with Gasteiger partial charge < -0.3 is 16.4 Å². The van der Waals surface area contributed by atoms with Crippen LogP contribution in [0.4, 0.5) is 16.2 Å². The molecule has 2 rings (SSSR count). The maximum absolute atomic E-state index is 11.7. The summed E-state index contributed by atoms with van der Waals surface area (Å²) in [5, 5.41) is 5.78. The third-order valence-corrected chi connectivity index (χ3v) is 3.55. The highest BCUT2D eigenvalue weighted by molar-refractivity contribution is 5.90.